The summed E-state index contributed by atoms with van der Waals surface area (Å²) in [4.78, 5) is 6.97. The lowest BCUT2D eigenvalue weighted by molar-refractivity contribution is 0.0435. The summed E-state index contributed by atoms with van der Waals surface area (Å²) >= 11 is 0. The highest BCUT2D eigenvalue weighted by atomic mass is 16.4. The number of hydrogen-bond acceptors (Lipinski definition) is 4. The number of aryl methyl sites for hydroxylation is 1. The van der Waals surface area contributed by atoms with Crippen LogP contribution in [0.5, 0.6) is 0 Å². The number of aromatic nitrogens is 1. The Bertz CT molecular complexity index is 435. The van der Waals surface area contributed by atoms with Crippen LogP contribution in [0, 0.1) is 12.3 Å². The van der Waals surface area contributed by atoms with E-state index in [1.165, 1.54) is 0 Å². The third-order valence-electron chi connectivity index (χ3n) is 4.47. The average Bonchev–Trinajstić information content (AvgIpc) is 2.82. The van der Waals surface area contributed by atoms with Crippen molar-refractivity contribution >= 4 is 0 Å². The molecule has 1 N–H and O–H groups in total. The van der Waals surface area contributed by atoms with Crippen LogP contribution in [0.1, 0.15) is 58.7 Å². The van der Waals surface area contributed by atoms with Crippen molar-refractivity contribution in [2.24, 2.45) is 5.41 Å². The number of nitrogens with zero attached hydrogens (tertiary/aromatic N) is 2. The van der Waals surface area contributed by atoms with Crippen LogP contribution < -0.4 is 5.32 Å². The minimum Gasteiger partial charge on any atom is -0.444 e. The van der Waals surface area contributed by atoms with Gasteiger partial charge in [0.25, 0.3) is 0 Å². The first kappa shape index (κ1) is 15.5. The molecule has 0 aromatic carbocycles. The highest BCUT2D eigenvalue weighted by molar-refractivity contribution is 5.00. The first-order valence-electron chi connectivity index (χ1n) is 7.74. The zero-order valence-electron chi connectivity index (χ0n) is 13.7. The second-order valence-electron chi connectivity index (χ2n) is 7.07. The van der Waals surface area contributed by atoms with E-state index in [0.717, 1.165) is 31.2 Å². The molecular formula is C16H29N3O. The Kier molecular flexibility index (Phi) is 4.55. The summed E-state index contributed by atoms with van der Waals surface area (Å²) in [5, 5.41) is 3.71. The Morgan fingerprint density at radius 3 is 2.70 bits per heavy atom. The lowest BCUT2D eigenvalue weighted by Crippen LogP contribution is -2.60. The highest BCUT2D eigenvalue weighted by Gasteiger charge is 2.36. The van der Waals surface area contributed by atoms with E-state index in [4.69, 9.17) is 4.42 Å². The first-order valence-corrected chi connectivity index (χ1v) is 7.74. The third-order valence-corrected chi connectivity index (χ3v) is 4.47. The minimum atomic E-state index is 0.237. The maximum atomic E-state index is 5.74. The van der Waals surface area contributed by atoms with Gasteiger partial charge in [0.15, 0.2) is 0 Å². The number of hydrogen-bond donors (Lipinski definition) is 1. The van der Waals surface area contributed by atoms with Crippen molar-refractivity contribution in [3.8, 4) is 0 Å². The summed E-state index contributed by atoms with van der Waals surface area (Å²) in [5.41, 5.74) is 0.267. The first-order chi connectivity index (χ1) is 9.32. The molecule has 2 rings (SSSR count). The van der Waals surface area contributed by atoms with Gasteiger partial charge in [-0.25, -0.2) is 4.98 Å². The molecule has 1 aromatic heterocycles. The van der Waals surface area contributed by atoms with Gasteiger partial charge in [0.1, 0.15) is 5.76 Å². The van der Waals surface area contributed by atoms with E-state index in [-0.39, 0.29) is 11.5 Å². The molecule has 0 amide bonds. The van der Waals surface area contributed by atoms with Gasteiger partial charge in [-0.2, -0.15) is 0 Å². The molecule has 3 atom stereocenters. The van der Waals surface area contributed by atoms with Gasteiger partial charge in [-0.05, 0) is 25.7 Å². The molecule has 0 aliphatic carbocycles. The summed E-state index contributed by atoms with van der Waals surface area (Å²) in [6, 6.07) is 1.29. The SMILES string of the molecule is CCC1CNC(C(C)(C)C)CN1C(C)c1ncc(C)o1. The van der Waals surface area contributed by atoms with E-state index in [2.05, 4.69) is 49.8 Å². The molecule has 114 valence electrons. The van der Waals surface area contributed by atoms with Crippen LogP contribution in [0.15, 0.2) is 10.6 Å². The van der Waals surface area contributed by atoms with Gasteiger partial charge in [-0.3, -0.25) is 4.90 Å². The fraction of sp³-hybridized carbons (Fsp3) is 0.812. The summed E-state index contributed by atoms with van der Waals surface area (Å²) in [6.07, 6.45) is 2.96. The molecule has 2 heterocycles. The Morgan fingerprint density at radius 2 is 2.20 bits per heavy atom. The minimum absolute atomic E-state index is 0.237. The van der Waals surface area contributed by atoms with Crippen molar-refractivity contribution in [1.82, 2.24) is 15.2 Å². The molecular weight excluding hydrogens is 250 g/mol. The standard InChI is InChI=1S/C16H29N3O/c1-7-13-9-17-14(16(4,5)6)10-19(13)12(3)15-18-8-11(2)20-15/h8,12-14,17H,7,9-10H2,1-6H3. The van der Waals surface area contributed by atoms with Gasteiger partial charge < -0.3 is 9.73 Å². The second-order valence-corrected chi connectivity index (χ2v) is 7.07. The molecule has 0 spiro atoms. The van der Waals surface area contributed by atoms with E-state index < -0.39 is 0 Å². The summed E-state index contributed by atoms with van der Waals surface area (Å²) in [6.45, 7) is 15.4. The number of rotatable bonds is 3. The smallest absolute Gasteiger partial charge is 0.211 e. The topological polar surface area (TPSA) is 41.3 Å². The largest absolute Gasteiger partial charge is 0.444 e. The number of piperazine rings is 1. The molecule has 0 bridgehead atoms. The Morgan fingerprint density at radius 1 is 1.50 bits per heavy atom. The molecule has 1 saturated heterocycles. The highest BCUT2D eigenvalue weighted by Crippen LogP contribution is 2.30. The van der Waals surface area contributed by atoms with Gasteiger partial charge >= 0.3 is 0 Å². The van der Waals surface area contributed by atoms with Gasteiger partial charge in [0, 0.05) is 25.2 Å². The average molecular weight is 279 g/mol. The maximum absolute atomic E-state index is 5.74. The zero-order chi connectivity index (χ0) is 14.9. The van der Waals surface area contributed by atoms with Crippen molar-refractivity contribution in [2.75, 3.05) is 13.1 Å². The van der Waals surface area contributed by atoms with Crippen LogP contribution in [0.4, 0.5) is 0 Å². The van der Waals surface area contributed by atoms with Gasteiger partial charge in [-0.1, -0.05) is 27.7 Å². The van der Waals surface area contributed by atoms with E-state index in [0.29, 0.717) is 12.1 Å². The van der Waals surface area contributed by atoms with Gasteiger partial charge in [0.05, 0.1) is 12.2 Å². The molecule has 1 aliphatic rings. The van der Waals surface area contributed by atoms with E-state index in [1.807, 2.05) is 13.1 Å². The van der Waals surface area contributed by atoms with Crippen LogP contribution in [-0.4, -0.2) is 35.1 Å². The molecule has 0 radical (unpaired) electrons. The van der Waals surface area contributed by atoms with E-state index in [1.54, 1.807) is 0 Å². The Hall–Kier alpha value is -0.870. The Balaban J connectivity index is 2.16. The fourth-order valence-corrected chi connectivity index (χ4v) is 2.96. The van der Waals surface area contributed by atoms with Crippen LogP contribution >= 0.6 is 0 Å². The zero-order valence-corrected chi connectivity index (χ0v) is 13.7. The monoisotopic (exact) mass is 279 g/mol. The molecule has 0 saturated carbocycles. The quantitative estimate of drug-likeness (QED) is 0.923. The van der Waals surface area contributed by atoms with Crippen LogP contribution in [0.2, 0.25) is 0 Å². The number of oxazole rings is 1. The maximum Gasteiger partial charge on any atom is 0.211 e. The molecule has 1 aliphatic heterocycles. The van der Waals surface area contributed by atoms with Crippen molar-refractivity contribution in [3.05, 3.63) is 17.8 Å². The van der Waals surface area contributed by atoms with Crippen LogP contribution in [0.3, 0.4) is 0 Å². The van der Waals surface area contributed by atoms with Gasteiger partial charge in [0.2, 0.25) is 5.89 Å². The third kappa shape index (κ3) is 3.23. The summed E-state index contributed by atoms with van der Waals surface area (Å²) < 4.78 is 5.74. The predicted molar refractivity (Wildman–Crippen MR) is 81.7 cm³/mol. The summed E-state index contributed by atoms with van der Waals surface area (Å²) in [7, 11) is 0. The summed E-state index contributed by atoms with van der Waals surface area (Å²) in [5.74, 6) is 1.73. The van der Waals surface area contributed by atoms with E-state index in [9.17, 15) is 0 Å². The molecule has 20 heavy (non-hydrogen) atoms. The van der Waals surface area contributed by atoms with Crippen molar-refractivity contribution in [1.29, 1.82) is 0 Å². The molecule has 4 heteroatoms. The fourth-order valence-electron chi connectivity index (χ4n) is 2.96. The van der Waals surface area contributed by atoms with E-state index >= 15 is 0 Å². The van der Waals surface area contributed by atoms with Crippen molar-refractivity contribution < 1.29 is 4.42 Å². The molecule has 1 fully saturated rings. The van der Waals surface area contributed by atoms with Crippen molar-refractivity contribution in [3.63, 3.8) is 0 Å². The molecule has 1 aromatic rings. The molecule has 4 nitrogen and oxygen atoms in total. The molecule has 3 unspecified atom stereocenters. The lowest BCUT2D eigenvalue weighted by atomic mass is 9.84. The van der Waals surface area contributed by atoms with Gasteiger partial charge in [-0.15, -0.1) is 0 Å². The van der Waals surface area contributed by atoms with Crippen molar-refractivity contribution in [2.45, 2.75) is 66.1 Å². The number of nitrogens with one attached hydrogen (secondary N) is 1. The van der Waals surface area contributed by atoms with Crippen LogP contribution in [-0.2, 0) is 0 Å². The Labute approximate surface area is 122 Å². The second kappa shape index (κ2) is 5.86. The lowest BCUT2D eigenvalue weighted by Gasteiger charge is -2.46. The predicted octanol–water partition coefficient (Wildman–Crippen LogP) is 3.14. The van der Waals surface area contributed by atoms with Crippen LogP contribution in [0.25, 0.3) is 0 Å². The normalized spacial score (nSPS) is 26.7.